The maximum Gasteiger partial charge on any atom is 0.0431 e. The standard InChI is InChI=1S/C11H24N2O/c1-12(7-3-4-9-14)10-11-6-5-8-13(11)2/h11,14H,3-10H2,1-2H3. The molecule has 0 aromatic heterocycles. The summed E-state index contributed by atoms with van der Waals surface area (Å²) in [5.41, 5.74) is 0. The zero-order chi connectivity index (χ0) is 10.4. The van der Waals surface area contributed by atoms with Crippen LogP contribution in [0.2, 0.25) is 0 Å². The van der Waals surface area contributed by atoms with Gasteiger partial charge in [0, 0.05) is 19.2 Å². The van der Waals surface area contributed by atoms with Crippen LogP contribution in [0.5, 0.6) is 0 Å². The fraction of sp³-hybridized carbons (Fsp3) is 1.00. The normalized spacial score (nSPS) is 23.6. The smallest absolute Gasteiger partial charge is 0.0431 e. The topological polar surface area (TPSA) is 26.7 Å². The first-order chi connectivity index (χ1) is 6.74. The van der Waals surface area contributed by atoms with E-state index in [1.54, 1.807) is 0 Å². The van der Waals surface area contributed by atoms with Crippen LogP contribution in [-0.4, -0.2) is 61.3 Å². The van der Waals surface area contributed by atoms with Crippen LogP contribution in [0.15, 0.2) is 0 Å². The van der Waals surface area contributed by atoms with Gasteiger partial charge in [0.05, 0.1) is 0 Å². The first-order valence-electron chi connectivity index (χ1n) is 5.73. The predicted octanol–water partition coefficient (Wildman–Crippen LogP) is 0.785. The fourth-order valence-electron chi connectivity index (χ4n) is 2.15. The van der Waals surface area contributed by atoms with E-state index in [-0.39, 0.29) is 0 Å². The zero-order valence-electron chi connectivity index (χ0n) is 9.58. The van der Waals surface area contributed by atoms with Crippen LogP contribution in [0.25, 0.3) is 0 Å². The van der Waals surface area contributed by atoms with Gasteiger partial charge in [0.15, 0.2) is 0 Å². The monoisotopic (exact) mass is 200 g/mol. The van der Waals surface area contributed by atoms with Crippen LogP contribution < -0.4 is 0 Å². The molecule has 1 fully saturated rings. The molecule has 0 saturated carbocycles. The molecule has 1 unspecified atom stereocenters. The number of unbranched alkanes of at least 4 members (excludes halogenated alkanes) is 1. The molecule has 0 radical (unpaired) electrons. The molecule has 1 atom stereocenters. The van der Waals surface area contributed by atoms with Crippen molar-refractivity contribution in [2.75, 3.05) is 40.3 Å². The van der Waals surface area contributed by atoms with Gasteiger partial charge < -0.3 is 14.9 Å². The summed E-state index contributed by atoms with van der Waals surface area (Å²) in [6.45, 7) is 3.89. The lowest BCUT2D eigenvalue weighted by Crippen LogP contribution is -2.37. The molecule has 0 amide bonds. The lowest BCUT2D eigenvalue weighted by molar-refractivity contribution is 0.210. The Morgan fingerprint density at radius 3 is 2.79 bits per heavy atom. The predicted molar refractivity (Wildman–Crippen MR) is 59.5 cm³/mol. The van der Waals surface area contributed by atoms with E-state index in [1.165, 1.54) is 25.9 Å². The molecular weight excluding hydrogens is 176 g/mol. The highest BCUT2D eigenvalue weighted by Crippen LogP contribution is 2.15. The first-order valence-corrected chi connectivity index (χ1v) is 5.73. The lowest BCUT2D eigenvalue weighted by Gasteiger charge is -2.25. The summed E-state index contributed by atoms with van der Waals surface area (Å²) in [6, 6.07) is 0.758. The van der Waals surface area contributed by atoms with Gasteiger partial charge >= 0.3 is 0 Å². The van der Waals surface area contributed by atoms with E-state index in [9.17, 15) is 0 Å². The van der Waals surface area contributed by atoms with Crippen molar-refractivity contribution in [1.29, 1.82) is 0 Å². The number of hydrogen-bond donors (Lipinski definition) is 1. The van der Waals surface area contributed by atoms with Crippen molar-refractivity contribution in [2.45, 2.75) is 31.7 Å². The molecule has 3 nitrogen and oxygen atoms in total. The first kappa shape index (κ1) is 12.0. The van der Waals surface area contributed by atoms with Crippen molar-refractivity contribution in [3.05, 3.63) is 0 Å². The van der Waals surface area contributed by atoms with Crippen LogP contribution in [0.3, 0.4) is 0 Å². The van der Waals surface area contributed by atoms with Gasteiger partial charge in [-0.3, -0.25) is 0 Å². The Labute approximate surface area is 87.7 Å². The molecule has 14 heavy (non-hydrogen) atoms. The van der Waals surface area contributed by atoms with Crippen molar-refractivity contribution in [1.82, 2.24) is 9.80 Å². The molecule has 0 bridgehead atoms. The van der Waals surface area contributed by atoms with Gasteiger partial charge in [0.1, 0.15) is 0 Å². The number of rotatable bonds is 6. The van der Waals surface area contributed by atoms with Crippen molar-refractivity contribution < 1.29 is 5.11 Å². The largest absolute Gasteiger partial charge is 0.396 e. The molecular formula is C11H24N2O. The summed E-state index contributed by atoms with van der Waals surface area (Å²) in [7, 11) is 4.41. The molecule has 0 aromatic carbocycles. The average molecular weight is 200 g/mol. The highest BCUT2D eigenvalue weighted by molar-refractivity contribution is 4.78. The van der Waals surface area contributed by atoms with E-state index in [1.807, 2.05) is 0 Å². The van der Waals surface area contributed by atoms with E-state index in [0.29, 0.717) is 6.61 Å². The summed E-state index contributed by atoms with van der Waals surface area (Å²) in [4.78, 5) is 4.85. The van der Waals surface area contributed by atoms with E-state index in [4.69, 9.17) is 5.11 Å². The Kier molecular flexibility index (Phi) is 5.45. The van der Waals surface area contributed by atoms with Crippen molar-refractivity contribution >= 4 is 0 Å². The van der Waals surface area contributed by atoms with Gasteiger partial charge in [-0.2, -0.15) is 0 Å². The summed E-state index contributed by atoms with van der Waals surface area (Å²) in [5, 5.41) is 8.68. The average Bonchev–Trinajstić information content (AvgIpc) is 2.52. The molecule has 0 aliphatic carbocycles. The molecule has 84 valence electrons. The Hall–Kier alpha value is -0.120. The summed E-state index contributed by atoms with van der Waals surface area (Å²) < 4.78 is 0. The second-order valence-electron chi connectivity index (χ2n) is 4.47. The lowest BCUT2D eigenvalue weighted by atomic mass is 10.2. The highest BCUT2D eigenvalue weighted by Gasteiger charge is 2.21. The van der Waals surface area contributed by atoms with Crippen molar-refractivity contribution in [3.8, 4) is 0 Å². The van der Waals surface area contributed by atoms with E-state index in [2.05, 4.69) is 23.9 Å². The van der Waals surface area contributed by atoms with Crippen LogP contribution in [0, 0.1) is 0 Å². The molecule has 0 spiro atoms. The van der Waals surface area contributed by atoms with Crippen LogP contribution in [0.4, 0.5) is 0 Å². The Bertz CT molecular complexity index is 152. The Morgan fingerprint density at radius 1 is 1.43 bits per heavy atom. The second kappa shape index (κ2) is 6.38. The molecule has 1 aliphatic heterocycles. The van der Waals surface area contributed by atoms with Gasteiger partial charge in [-0.05, 0) is 52.9 Å². The number of hydrogen-bond acceptors (Lipinski definition) is 3. The molecule has 1 N–H and O–H groups in total. The third-order valence-corrected chi connectivity index (χ3v) is 3.14. The van der Waals surface area contributed by atoms with Gasteiger partial charge in [-0.25, -0.2) is 0 Å². The third kappa shape index (κ3) is 3.95. The quantitative estimate of drug-likeness (QED) is 0.642. The van der Waals surface area contributed by atoms with Crippen molar-refractivity contribution in [3.63, 3.8) is 0 Å². The number of likely N-dealkylation sites (N-methyl/N-ethyl adjacent to an activating group) is 2. The van der Waals surface area contributed by atoms with Gasteiger partial charge in [-0.15, -0.1) is 0 Å². The molecule has 0 aromatic rings. The summed E-state index contributed by atoms with van der Waals surface area (Å²) >= 11 is 0. The number of aliphatic hydroxyl groups excluding tert-OH is 1. The maximum atomic E-state index is 8.68. The van der Waals surface area contributed by atoms with Gasteiger partial charge in [-0.1, -0.05) is 0 Å². The minimum Gasteiger partial charge on any atom is -0.396 e. The van der Waals surface area contributed by atoms with E-state index < -0.39 is 0 Å². The Balaban J connectivity index is 2.09. The van der Waals surface area contributed by atoms with Crippen molar-refractivity contribution in [2.24, 2.45) is 0 Å². The minimum absolute atomic E-state index is 0.331. The fourth-order valence-corrected chi connectivity index (χ4v) is 2.15. The summed E-state index contributed by atoms with van der Waals surface area (Å²) in [6.07, 6.45) is 4.75. The third-order valence-electron chi connectivity index (χ3n) is 3.14. The summed E-state index contributed by atoms with van der Waals surface area (Å²) in [5.74, 6) is 0. The number of aliphatic hydroxyl groups is 1. The molecule has 3 heteroatoms. The molecule has 1 rings (SSSR count). The zero-order valence-corrected chi connectivity index (χ0v) is 9.58. The maximum absolute atomic E-state index is 8.68. The number of nitrogens with zero attached hydrogens (tertiary/aromatic N) is 2. The molecule has 1 heterocycles. The van der Waals surface area contributed by atoms with Crippen LogP contribution >= 0.6 is 0 Å². The van der Waals surface area contributed by atoms with Crippen LogP contribution in [0.1, 0.15) is 25.7 Å². The second-order valence-corrected chi connectivity index (χ2v) is 4.47. The number of likely N-dealkylation sites (tertiary alicyclic amines) is 1. The van der Waals surface area contributed by atoms with E-state index in [0.717, 1.165) is 25.4 Å². The highest BCUT2D eigenvalue weighted by atomic mass is 16.2. The van der Waals surface area contributed by atoms with Crippen LogP contribution in [-0.2, 0) is 0 Å². The minimum atomic E-state index is 0.331. The van der Waals surface area contributed by atoms with Gasteiger partial charge in [0.25, 0.3) is 0 Å². The Morgan fingerprint density at radius 2 is 2.21 bits per heavy atom. The SMILES string of the molecule is CN(CCCCO)CC1CCCN1C. The van der Waals surface area contributed by atoms with Gasteiger partial charge in [0.2, 0.25) is 0 Å². The molecule has 1 aliphatic rings. The van der Waals surface area contributed by atoms with E-state index >= 15 is 0 Å². The molecule has 1 saturated heterocycles.